The number of hydrogen-bond donors (Lipinski definition) is 1. The molecule has 0 bridgehead atoms. The summed E-state index contributed by atoms with van der Waals surface area (Å²) in [6.45, 7) is 3.99. The molecule has 0 saturated carbocycles. The third-order valence-electron chi connectivity index (χ3n) is 0.931. The van der Waals surface area contributed by atoms with Gasteiger partial charge in [0.05, 0.1) is 0 Å². The minimum Gasteiger partial charge on any atom is -0.289 e. The van der Waals surface area contributed by atoms with Gasteiger partial charge in [0, 0.05) is 0 Å². The van der Waals surface area contributed by atoms with Gasteiger partial charge in [0.2, 0.25) is 0 Å². The Morgan fingerprint density at radius 1 is 1.75 bits per heavy atom. The Balaban J connectivity index is 3.75. The van der Waals surface area contributed by atoms with Gasteiger partial charge in [-0.15, -0.1) is 0 Å². The van der Waals surface area contributed by atoms with Gasteiger partial charge in [0.25, 0.3) is 0 Å². The van der Waals surface area contributed by atoms with E-state index in [1.165, 1.54) is 0 Å². The number of rotatable bonds is 2. The van der Waals surface area contributed by atoms with E-state index in [0.29, 0.717) is 0 Å². The zero-order valence-electron chi connectivity index (χ0n) is 5.16. The van der Waals surface area contributed by atoms with Crippen LogP contribution in [-0.2, 0) is 0 Å². The normalized spacial score (nSPS) is 11.6. The molecule has 0 aromatic carbocycles. The van der Waals surface area contributed by atoms with E-state index in [-0.39, 0.29) is 5.17 Å². The summed E-state index contributed by atoms with van der Waals surface area (Å²) in [5.41, 5.74) is 1.14. The van der Waals surface area contributed by atoms with E-state index < -0.39 is 0 Å². The maximum atomic E-state index is 6.82. The van der Waals surface area contributed by atoms with Crippen LogP contribution in [0.25, 0.3) is 0 Å². The molecule has 0 atom stereocenters. The van der Waals surface area contributed by atoms with Crippen molar-refractivity contribution in [1.29, 1.82) is 5.41 Å². The summed E-state index contributed by atoms with van der Waals surface area (Å²) < 4.78 is 0. The highest BCUT2D eigenvalue weighted by Gasteiger charge is 1.84. The van der Waals surface area contributed by atoms with Crippen molar-refractivity contribution in [2.24, 2.45) is 0 Å². The Bertz CT molecular complexity index is 116. The van der Waals surface area contributed by atoms with Crippen LogP contribution in [0.3, 0.4) is 0 Å². The lowest BCUT2D eigenvalue weighted by Crippen LogP contribution is -1.78. The Hall–Kier alpha value is -0.300. The molecule has 0 fully saturated rings. The van der Waals surface area contributed by atoms with Crippen molar-refractivity contribution in [3.05, 3.63) is 11.6 Å². The Morgan fingerprint density at radius 2 is 2.25 bits per heavy atom. The van der Waals surface area contributed by atoms with E-state index in [2.05, 4.69) is 0 Å². The third-order valence-corrected chi connectivity index (χ3v) is 1.04. The Labute approximate surface area is 54.9 Å². The molecule has 0 heterocycles. The molecule has 0 radical (unpaired) electrons. The summed E-state index contributed by atoms with van der Waals surface area (Å²) >= 11 is 5.26. The zero-order chi connectivity index (χ0) is 6.57. The molecule has 1 nitrogen and oxygen atoms in total. The van der Waals surface area contributed by atoms with Crippen molar-refractivity contribution in [2.45, 2.75) is 20.3 Å². The maximum Gasteiger partial charge on any atom is 0.120 e. The standard InChI is InChI=1S/C6H10ClN/c1-3-5(2)4-6(7)8/h4,8H,3H2,1-2H3/b5-4+,8-6?. The second-order valence-electron chi connectivity index (χ2n) is 1.69. The van der Waals surface area contributed by atoms with E-state index in [1.807, 2.05) is 13.8 Å². The fourth-order valence-electron chi connectivity index (χ4n) is 0.318. The summed E-state index contributed by atoms with van der Waals surface area (Å²) in [4.78, 5) is 0. The third kappa shape index (κ3) is 3.88. The van der Waals surface area contributed by atoms with Crippen LogP contribution in [0.4, 0.5) is 0 Å². The molecule has 2 heteroatoms. The van der Waals surface area contributed by atoms with Crippen LogP contribution in [0.5, 0.6) is 0 Å². The largest absolute Gasteiger partial charge is 0.289 e. The monoisotopic (exact) mass is 131 g/mol. The van der Waals surface area contributed by atoms with Crippen LogP contribution in [0, 0.1) is 5.41 Å². The topological polar surface area (TPSA) is 23.9 Å². The zero-order valence-corrected chi connectivity index (χ0v) is 5.92. The molecule has 0 rings (SSSR count). The van der Waals surface area contributed by atoms with Crippen LogP contribution in [0.15, 0.2) is 11.6 Å². The van der Waals surface area contributed by atoms with Crippen LogP contribution in [0.1, 0.15) is 20.3 Å². The maximum absolute atomic E-state index is 6.82. The second-order valence-corrected chi connectivity index (χ2v) is 2.10. The first kappa shape index (κ1) is 7.70. The summed E-state index contributed by atoms with van der Waals surface area (Å²) in [6, 6.07) is 0. The SMILES string of the molecule is CC/C(C)=C/C(=N)Cl. The molecule has 1 N–H and O–H groups in total. The highest BCUT2D eigenvalue weighted by molar-refractivity contribution is 6.67. The van der Waals surface area contributed by atoms with Gasteiger partial charge in [-0.25, -0.2) is 0 Å². The van der Waals surface area contributed by atoms with Crippen LogP contribution >= 0.6 is 11.6 Å². The van der Waals surface area contributed by atoms with Crippen LogP contribution in [0.2, 0.25) is 0 Å². The van der Waals surface area contributed by atoms with E-state index >= 15 is 0 Å². The van der Waals surface area contributed by atoms with E-state index in [4.69, 9.17) is 17.0 Å². The molecule has 46 valence electrons. The van der Waals surface area contributed by atoms with Crippen LogP contribution < -0.4 is 0 Å². The summed E-state index contributed by atoms with van der Waals surface area (Å²) in [5.74, 6) is 0. The van der Waals surface area contributed by atoms with Crippen molar-refractivity contribution in [3.8, 4) is 0 Å². The number of nitrogens with one attached hydrogen (secondary N) is 1. The molecular weight excluding hydrogens is 122 g/mol. The van der Waals surface area contributed by atoms with Crippen LogP contribution in [-0.4, -0.2) is 5.17 Å². The molecule has 0 aromatic heterocycles. The first-order chi connectivity index (χ1) is 3.66. The molecule has 0 unspecified atom stereocenters. The highest BCUT2D eigenvalue weighted by atomic mass is 35.5. The van der Waals surface area contributed by atoms with Crippen molar-refractivity contribution in [1.82, 2.24) is 0 Å². The van der Waals surface area contributed by atoms with Crippen molar-refractivity contribution >= 4 is 16.8 Å². The van der Waals surface area contributed by atoms with Gasteiger partial charge in [-0.2, -0.15) is 0 Å². The summed E-state index contributed by atoms with van der Waals surface area (Å²) in [6.07, 6.45) is 2.62. The van der Waals surface area contributed by atoms with Gasteiger partial charge < -0.3 is 0 Å². The molecular formula is C6H10ClN. The predicted molar refractivity (Wildman–Crippen MR) is 37.6 cm³/mol. The Kier molecular flexibility index (Phi) is 3.53. The molecule has 0 amide bonds. The fraction of sp³-hybridized carbons (Fsp3) is 0.500. The van der Waals surface area contributed by atoms with Crippen molar-refractivity contribution in [2.75, 3.05) is 0 Å². The molecule has 0 aliphatic heterocycles. The average molecular weight is 132 g/mol. The molecule has 0 saturated heterocycles. The van der Waals surface area contributed by atoms with E-state index in [0.717, 1.165) is 12.0 Å². The number of halogens is 1. The summed E-state index contributed by atoms with van der Waals surface area (Å²) in [7, 11) is 0. The lowest BCUT2D eigenvalue weighted by molar-refractivity contribution is 1.10. The fourth-order valence-corrected chi connectivity index (χ4v) is 0.505. The van der Waals surface area contributed by atoms with Gasteiger partial charge >= 0.3 is 0 Å². The van der Waals surface area contributed by atoms with Crippen molar-refractivity contribution < 1.29 is 0 Å². The molecule has 0 aliphatic carbocycles. The second kappa shape index (κ2) is 3.67. The molecule has 0 spiro atoms. The number of allylic oxidation sites excluding steroid dienone is 2. The Morgan fingerprint density at radius 3 is 2.38 bits per heavy atom. The molecule has 0 aliphatic rings. The summed E-state index contributed by atoms with van der Waals surface area (Å²) in [5, 5.41) is 6.93. The molecule has 0 aromatic rings. The first-order valence-corrected chi connectivity index (χ1v) is 2.95. The average Bonchev–Trinajstić information content (AvgIpc) is 1.65. The minimum atomic E-state index is 0.115. The van der Waals surface area contributed by atoms with Gasteiger partial charge in [0.1, 0.15) is 5.17 Å². The molecule has 8 heavy (non-hydrogen) atoms. The predicted octanol–water partition coefficient (Wildman–Crippen LogP) is 2.56. The van der Waals surface area contributed by atoms with Gasteiger partial charge in [-0.3, -0.25) is 5.41 Å². The minimum absolute atomic E-state index is 0.115. The highest BCUT2D eigenvalue weighted by Crippen LogP contribution is 1.98. The lowest BCUT2D eigenvalue weighted by atomic mass is 10.2. The van der Waals surface area contributed by atoms with Crippen molar-refractivity contribution in [3.63, 3.8) is 0 Å². The first-order valence-electron chi connectivity index (χ1n) is 2.58. The quantitative estimate of drug-likeness (QED) is 0.557. The van der Waals surface area contributed by atoms with Gasteiger partial charge in [0.15, 0.2) is 0 Å². The van der Waals surface area contributed by atoms with Gasteiger partial charge in [-0.05, 0) is 19.4 Å². The number of hydrogen-bond acceptors (Lipinski definition) is 1. The van der Waals surface area contributed by atoms with Gasteiger partial charge in [-0.1, -0.05) is 24.1 Å². The smallest absolute Gasteiger partial charge is 0.120 e. The lowest BCUT2D eigenvalue weighted by Gasteiger charge is -1.89. The van der Waals surface area contributed by atoms with E-state index in [9.17, 15) is 0 Å². The van der Waals surface area contributed by atoms with E-state index in [1.54, 1.807) is 6.08 Å².